The van der Waals surface area contributed by atoms with Crippen LogP contribution in [-0.2, 0) is 17.7 Å². The number of H-pyrrole nitrogens is 1. The number of carbonyl (C=O) groups is 1. The zero-order valence-corrected chi connectivity index (χ0v) is 22.7. The summed E-state index contributed by atoms with van der Waals surface area (Å²) in [5, 5.41) is 6.28. The highest BCUT2D eigenvalue weighted by molar-refractivity contribution is 5.92. The van der Waals surface area contributed by atoms with Crippen molar-refractivity contribution in [3.63, 3.8) is 0 Å². The molecule has 0 aromatic carbocycles. The van der Waals surface area contributed by atoms with Crippen molar-refractivity contribution in [1.29, 1.82) is 0 Å². The summed E-state index contributed by atoms with van der Waals surface area (Å²) >= 11 is 0. The Bertz CT molecular complexity index is 1300. The van der Waals surface area contributed by atoms with Crippen molar-refractivity contribution in [2.75, 3.05) is 57.3 Å². The van der Waals surface area contributed by atoms with E-state index in [0.29, 0.717) is 31.4 Å². The Hall–Kier alpha value is -3.34. The van der Waals surface area contributed by atoms with Crippen LogP contribution in [0.5, 0.6) is 0 Å². The standard InChI is InChI=1S/C29H39N7O3/c1-2-22-17-26-27(34-28(22)37)16-21(18-32-26)20-35-11-13-36(14-12-35)23-4-5-25(33-19-23)29(38)31-8-3-15-39-24-6-9-30-10-7-24/h4-5,16-19,24,30H,2-3,6-15,20H2,1H3,(H,31,38)(H,34,37). The van der Waals surface area contributed by atoms with Gasteiger partial charge in [-0.1, -0.05) is 6.92 Å². The predicted molar refractivity (Wildman–Crippen MR) is 152 cm³/mol. The van der Waals surface area contributed by atoms with E-state index >= 15 is 0 Å². The molecule has 39 heavy (non-hydrogen) atoms. The van der Waals surface area contributed by atoms with Gasteiger partial charge in [0.05, 0.1) is 29.0 Å². The van der Waals surface area contributed by atoms with Crippen LogP contribution in [0.1, 0.15) is 47.8 Å². The fraction of sp³-hybridized carbons (Fsp3) is 0.517. The number of hydrogen-bond donors (Lipinski definition) is 3. The highest BCUT2D eigenvalue weighted by Crippen LogP contribution is 2.18. The van der Waals surface area contributed by atoms with Gasteiger partial charge in [0.1, 0.15) is 5.69 Å². The summed E-state index contributed by atoms with van der Waals surface area (Å²) in [5.74, 6) is -0.149. The molecular formula is C29H39N7O3. The maximum absolute atomic E-state index is 12.5. The van der Waals surface area contributed by atoms with Crippen molar-refractivity contribution in [3.8, 4) is 0 Å². The minimum Gasteiger partial charge on any atom is -0.378 e. The second-order valence-electron chi connectivity index (χ2n) is 10.3. The summed E-state index contributed by atoms with van der Waals surface area (Å²) in [4.78, 5) is 41.3. The number of aromatic nitrogens is 3. The van der Waals surface area contributed by atoms with Crippen molar-refractivity contribution in [3.05, 3.63) is 63.8 Å². The first-order chi connectivity index (χ1) is 19.1. The number of aryl methyl sites for hydroxylation is 1. The van der Waals surface area contributed by atoms with E-state index < -0.39 is 0 Å². The molecule has 0 aliphatic carbocycles. The molecule has 3 aromatic heterocycles. The van der Waals surface area contributed by atoms with Crippen LogP contribution in [0.2, 0.25) is 0 Å². The van der Waals surface area contributed by atoms with Gasteiger partial charge in [-0.25, -0.2) is 4.98 Å². The van der Waals surface area contributed by atoms with E-state index in [9.17, 15) is 9.59 Å². The lowest BCUT2D eigenvalue weighted by atomic mass is 10.1. The fourth-order valence-electron chi connectivity index (χ4n) is 5.22. The zero-order chi connectivity index (χ0) is 27.0. The third-order valence-corrected chi connectivity index (χ3v) is 7.58. The molecule has 208 valence electrons. The van der Waals surface area contributed by atoms with Crippen LogP contribution in [0.15, 0.2) is 41.5 Å². The summed E-state index contributed by atoms with van der Waals surface area (Å²) in [6.07, 6.45) is 7.64. The Morgan fingerprint density at radius 1 is 1.10 bits per heavy atom. The molecule has 3 aromatic rings. The van der Waals surface area contributed by atoms with Gasteiger partial charge >= 0.3 is 0 Å². The van der Waals surface area contributed by atoms with E-state index in [4.69, 9.17) is 4.74 Å². The second-order valence-corrected chi connectivity index (χ2v) is 10.3. The number of fused-ring (bicyclic) bond motifs is 1. The van der Waals surface area contributed by atoms with Crippen molar-refractivity contribution >= 4 is 22.6 Å². The summed E-state index contributed by atoms with van der Waals surface area (Å²) in [6.45, 7) is 9.62. The van der Waals surface area contributed by atoms with E-state index in [1.54, 1.807) is 12.3 Å². The molecule has 0 radical (unpaired) electrons. The number of aromatic amines is 1. The monoisotopic (exact) mass is 533 g/mol. The largest absolute Gasteiger partial charge is 0.378 e. The van der Waals surface area contributed by atoms with Crippen LogP contribution in [0.25, 0.3) is 11.0 Å². The van der Waals surface area contributed by atoms with Crippen molar-refractivity contribution < 1.29 is 9.53 Å². The summed E-state index contributed by atoms with van der Waals surface area (Å²) < 4.78 is 5.89. The number of anilines is 1. The number of nitrogens with zero attached hydrogens (tertiary/aromatic N) is 4. The van der Waals surface area contributed by atoms with Crippen LogP contribution in [0.4, 0.5) is 5.69 Å². The number of amides is 1. The molecule has 2 aliphatic heterocycles. The van der Waals surface area contributed by atoms with Gasteiger partial charge < -0.3 is 25.3 Å². The number of ether oxygens (including phenoxy) is 1. The van der Waals surface area contributed by atoms with Gasteiger partial charge in [-0.05, 0) is 68.6 Å². The lowest BCUT2D eigenvalue weighted by Gasteiger charge is -2.36. The third kappa shape index (κ3) is 7.20. The minimum absolute atomic E-state index is 0.0349. The van der Waals surface area contributed by atoms with E-state index in [-0.39, 0.29) is 11.5 Å². The Morgan fingerprint density at radius 2 is 1.92 bits per heavy atom. The van der Waals surface area contributed by atoms with Crippen molar-refractivity contribution in [2.24, 2.45) is 0 Å². The lowest BCUT2D eigenvalue weighted by molar-refractivity contribution is 0.0317. The number of piperazine rings is 1. The van der Waals surface area contributed by atoms with E-state index in [0.717, 1.165) is 92.9 Å². The molecule has 5 heterocycles. The molecule has 3 N–H and O–H groups in total. The number of pyridine rings is 3. The zero-order valence-electron chi connectivity index (χ0n) is 22.7. The number of nitrogens with one attached hydrogen (secondary N) is 3. The highest BCUT2D eigenvalue weighted by atomic mass is 16.5. The fourth-order valence-corrected chi connectivity index (χ4v) is 5.22. The molecule has 0 atom stereocenters. The quantitative estimate of drug-likeness (QED) is 0.340. The first-order valence-corrected chi connectivity index (χ1v) is 14.1. The molecule has 0 saturated carbocycles. The molecule has 10 nitrogen and oxygen atoms in total. The molecule has 2 saturated heterocycles. The summed E-state index contributed by atoms with van der Waals surface area (Å²) in [7, 11) is 0. The average Bonchev–Trinajstić information content (AvgIpc) is 2.97. The Kier molecular flexibility index (Phi) is 9.18. The highest BCUT2D eigenvalue weighted by Gasteiger charge is 2.19. The molecule has 2 aliphatic rings. The van der Waals surface area contributed by atoms with Crippen LogP contribution in [-0.4, -0.2) is 84.3 Å². The maximum atomic E-state index is 12.5. The maximum Gasteiger partial charge on any atom is 0.269 e. The van der Waals surface area contributed by atoms with Crippen LogP contribution in [0.3, 0.4) is 0 Å². The number of rotatable bonds is 10. The van der Waals surface area contributed by atoms with Gasteiger partial charge in [-0.15, -0.1) is 0 Å². The van der Waals surface area contributed by atoms with Gasteiger partial charge in [0.25, 0.3) is 11.5 Å². The second kappa shape index (κ2) is 13.1. The van der Waals surface area contributed by atoms with Crippen molar-refractivity contribution in [2.45, 2.75) is 45.3 Å². The Labute approximate surface area is 229 Å². The van der Waals surface area contributed by atoms with Gasteiger partial charge in [-0.2, -0.15) is 0 Å². The Balaban J connectivity index is 1.05. The number of hydrogen-bond acceptors (Lipinski definition) is 8. The molecule has 0 bridgehead atoms. The van der Waals surface area contributed by atoms with Gasteiger partial charge in [0, 0.05) is 57.6 Å². The molecule has 2 fully saturated rings. The normalized spacial score (nSPS) is 17.0. The van der Waals surface area contributed by atoms with Crippen molar-refractivity contribution in [1.82, 2.24) is 30.5 Å². The number of piperidine rings is 1. The molecule has 1 amide bonds. The SMILES string of the molecule is CCc1cc2ncc(CN3CCN(c4ccc(C(=O)NCCCOC5CCNCC5)nc4)CC3)cc2[nH]c1=O. The molecule has 5 rings (SSSR count). The summed E-state index contributed by atoms with van der Waals surface area (Å²) in [6, 6.07) is 7.69. The first kappa shape index (κ1) is 27.2. The topological polar surface area (TPSA) is 115 Å². The van der Waals surface area contributed by atoms with E-state index in [1.807, 2.05) is 31.3 Å². The average molecular weight is 534 g/mol. The van der Waals surface area contributed by atoms with E-state index in [1.165, 1.54) is 0 Å². The lowest BCUT2D eigenvalue weighted by Crippen LogP contribution is -2.46. The number of carbonyl (C=O) groups excluding carboxylic acids is 1. The third-order valence-electron chi connectivity index (χ3n) is 7.58. The van der Waals surface area contributed by atoms with Crippen LogP contribution < -0.4 is 21.1 Å². The molecule has 0 spiro atoms. The minimum atomic E-state index is -0.149. The first-order valence-electron chi connectivity index (χ1n) is 14.1. The van der Waals surface area contributed by atoms with Crippen LogP contribution in [0, 0.1) is 0 Å². The van der Waals surface area contributed by atoms with Crippen LogP contribution >= 0.6 is 0 Å². The molecular weight excluding hydrogens is 494 g/mol. The van der Waals surface area contributed by atoms with Gasteiger partial charge in [0.15, 0.2) is 0 Å². The van der Waals surface area contributed by atoms with E-state index in [2.05, 4.69) is 35.4 Å². The summed E-state index contributed by atoms with van der Waals surface area (Å²) in [5.41, 5.74) is 4.89. The van der Waals surface area contributed by atoms with Gasteiger partial charge in [-0.3, -0.25) is 19.5 Å². The molecule has 0 unspecified atom stereocenters. The Morgan fingerprint density at radius 3 is 2.67 bits per heavy atom. The smallest absolute Gasteiger partial charge is 0.269 e. The predicted octanol–water partition coefficient (Wildman–Crippen LogP) is 2.09. The van der Waals surface area contributed by atoms with Gasteiger partial charge in [0.2, 0.25) is 0 Å². The molecule has 10 heteroatoms.